The van der Waals surface area contributed by atoms with E-state index in [1.54, 1.807) is 0 Å². The van der Waals surface area contributed by atoms with E-state index in [0.29, 0.717) is 12.1 Å². The Morgan fingerprint density at radius 3 is 2.67 bits per heavy atom. The summed E-state index contributed by atoms with van der Waals surface area (Å²) in [5.41, 5.74) is 8.52. The minimum atomic E-state index is 0.516. The molecule has 0 amide bonds. The lowest BCUT2D eigenvalue weighted by atomic mass is 9.95. The quantitative estimate of drug-likeness (QED) is 0.883. The molecule has 1 saturated heterocycles. The van der Waals surface area contributed by atoms with Crippen molar-refractivity contribution < 1.29 is 0 Å². The Kier molecular flexibility index (Phi) is 4.79. The molecule has 100 valence electrons. The third-order valence-corrected chi connectivity index (χ3v) is 4.23. The van der Waals surface area contributed by atoms with Gasteiger partial charge in [0.05, 0.1) is 0 Å². The molecule has 0 spiro atoms. The lowest BCUT2D eigenvalue weighted by Crippen LogP contribution is -2.42. The van der Waals surface area contributed by atoms with Gasteiger partial charge in [0, 0.05) is 12.1 Å². The van der Waals surface area contributed by atoms with Crippen molar-refractivity contribution in [2.75, 3.05) is 13.1 Å². The van der Waals surface area contributed by atoms with E-state index < -0.39 is 0 Å². The normalized spacial score (nSPS) is 22.9. The second kappa shape index (κ2) is 6.35. The minimum Gasteiger partial charge on any atom is -0.330 e. The zero-order chi connectivity index (χ0) is 13.0. The van der Waals surface area contributed by atoms with Crippen molar-refractivity contribution in [3.05, 3.63) is 35.4 Å². The van der Waals surface area contributed by atoms with Crippen LogP contribution in [-0.4, -0.2) is 24.0 Å². The summed E-state index contributed by atoms with van der Waals surface area (Å²) in [6, 6.07) is 10.2. The third kappa shape index (κ3) is 3.12. The highest BCUT2D eigenvalue weighted by Gasteiger charge is 2.26. The van der Waals surface area contributed by atoms with Crippen LogP contribution >= 0.6 is 0 Å². The Hall–Kier alpha value is -0.860. The molecule has 2 heteroatoms. The Morgan fingerprint density at radius 1 is 1.28 bits per heavy atom. The highest BCUT2D eigenvalue weighted by molar-refractivity contribution is 5.24. The summed E-state index contributed by atoms with van der Waals surface area (Å²) in [6.45, 7) is 6.51. The maximum absolute atomic E-state index is 5.75. The van der Waals surface area contributed by atoms with Crippen LogP contribution in [0, 0.1) is 6.92 Å². The molecule has 2 N–H and O–H groups in total. The summed E-state index contributed by atoms with van der Waals surface area (Å²) >= 11 is 0. The van der Waals surface area contributed by atoms with Crippen LogP contribution in [0.5, 0.6) is 0 Å². The maximum atomic E-state index is 5.75. The second-order valence-electron chi connectivity index (χ2n) is 5.55. The van der Waals surface area contributed by atoms with Gasteiger partial charge in [-0.05, 0) is 51.8 Å². The van der Waals surface area contributed by atoms with Crippen LogP contribution in [0.3, 0.4) is 0 Å². The molecule has 2 nitrogen and oxygen atoms in total. The van der Waals surface area contributed by atoms with E-state index in [-0.39, 0.29) is 0 Å². The Labute approximate surface area is 111 Å². The zero-order valence-corrected chi connectivity index (χ0v) is 11.7. The first-order chi connectivity index (χ1) is 8.72. The van der Waals surface area contributed by atoms with Crippen LogP contribution in [0.2, 0.25) is 0 Å². The highest BCUT2D eigenvalue weighted by atomic mass is 15.2. The van der Waals surface area contributed by atoms with Crippen LogP contribution in [0.25, 0.3) is 0 Å². The molecule has 2 atom stereocenters. The van der Waals surface area contributed by atoms with Crippen molar-refractivity contribution in [2.45, 2.75) is 51.6 Å². The summed E-state index contributed by atoms with van der Waals surface area (Å²) < 4.78 is 0. The van der Waals surface area contributed by atoms with Crippen LogP contribution in [0.4, 0.5) is 0 Å². The van der Waals surface area contributed by atoms with Crippen LogP contribution in [0.15, 0.2) is 24.3 Å². The molecule has 0 aromatic heterocycles. The molecule has 0 saturated carbocycles. The summed E-state index contributed by atoms with van der Waals surface area (Å²) in [6.07, 6.45) is 5.14. The number of nitrogens with zero attached hydrogens (tertiary/aromatic N) is 1. The predicted molar refractivity (Wildman–Crippen MR) is 77.6 cm³/mol. The van der Waals surface area contributed by atoms with Crippen molar-refractivity contribution in [3.8, 4) is 0 Å². The first-order valence-corrected chi connectivity index (χ1v) is 7.24. The Balaban J connectivity index is 2.09. The number of nitrogens with two attached hydrogens (primary N) is 1. The van der Waals surface area contributed by atoms with E-state index in [1.165, 1.54) is 36.9 Å². The van der Waals surface area contributed by atoms with E-state index in [4.69, 9.17) is 5.73 Å². The number of benzene rings is 1. The fourth-order valence-electron chi connectivity index (χ4n) is 3.07. The van der Waals surface area contributed by atoms with Gasteiger partial charge in [-0.3, -0.25) is 4.90 Å². The molecule has 1 aliphatic rings. The monoisotopic (exact) mass is 246 g/mol. The highest BCUT2D eigenvalue weighted by Crippen LogP contribution is 2.29. The van der Waals surface area contributed by atoms with E-state index in [1.807, 2.05) is 0 Å². The van der Waals surface area contributed by atoms with Crippen molar-refractivity contribution in [1.82, 2.24) is 4.90 Å². The zero-order valence-electron chi connectivity index (χ0n) is 11.7. The lowest BCUT2D eigenvalue weighted by molar-refractivity contribution is 0.0984. The number of aryl methyl sites for hydroxylation is 1. The summed E-state index contributed by atoms with van der Waals surface area (Å²) in [5.74, 6) is 0. The molecule has 1 aromatic carbocycles. The summed E-state index contributed by atoms with van der Waals surface area (Å²) in [4.78, 5) is 2.65. The maximum Gasteiger partial charge on any atom is 0.0322 e. The van der Waals surface area contributed by atoms with Gasteiger partial charge >= 0.3 is 0 Å². The molecule has 18 heavy (non-hydrogen) atoms. The second-order valence-corrected chi connectivity index (χ2v) is 5.55. The fraction of sp³-hybridized carbons (Fsp3) is 0.625. The van der Waals surface area contributed by atoms with E-state index >= 15 is 0 Å². The van der Waals surface area contributed by atoms with Crippen molar-refractivity contribution in [1.29, 1.82) is 0 Å². The number of hydrogen-bond acceptors (Lipinski definition) is 2. The number of hydrogen-bond donors (Lipinski definition) is 1. The van der Waals surface area contributed by atoms with Gasteiger partial charge in [-0.1, -0.05) is 36.2 Å². The largest absolute Gasteiger partial charge is 0.330 e. The molecule has 0 bridgehead atoms. The van der Waals surface area contributed by atoms with Gasteiger partial charge in [0.1, 0.15) is 0 Å². The average molecular weight is 246 g/mol. The Bertz CT molecular complexity index is 356. The smallest absolute Gasteiger partial charge is 0.0322 e. The minimum absolute atomic E-state index is 0.516. The van der Waals surface area contributed by atoms with Crippen LogP contribution in [0.1, 0.15) is 49.8 Å². The lowest BCUT2D eigenvalue weighted by Gasteiger charge is -2.40. The van der Waals surface area contributed by atoms with Crippen LogP contribution in [-0.2, 0) is 0 Å². The summed E-state index contributed by atoms with van der Waals surface area (Å²) in [5, 5.41) is 0. The van der Waals surface area contributed by atoms with Gasteiger partial charge in [0.2, 0.25) is 0 Å². The molecular weight excluding hydrogens is 220 g/mol. The van der Waals surface area contributed by atoms with E-state index in [0.717, 1.165) is 13.0 Å². The van der Waals surface area contributed by atoms with Gasteiger partial charge in [0.25, 0.3) is 0 Å². The number of piperidine rings is 1. The van der Waals surface area contributed by atoms with Gasteiger partial charge < -0.3 is 5.73 Å². The van der Waals surface area contributed by atoms with Gasteiger partial charge in [0.15, 0.2) is 0 Å². The van der Waals surface area contributed by atoms with Crippen molar-refractivity contribution in [2.24, 2.45) is 5.73 Å². The molecule has 0 aliphatic carbocycles. The topological polar surface area (TPSA) is 29.3 Å². The van der Waals surface area contributed by atoms with E-state index in [9.17, 15) is 0 Å². The predicted octanol–water partition coefficient (Wildman–Crippen LogP) is 3.26. The van der Waals surface area contributed by atoms with Gasteiger partial charge in [-0.2, -0.15) is 0 Å². The SMILES string of the molecule is Cc1ccc(C(C)N2CCCCC2CCN)cc1. The first kappa shape index (κ1) is 13.6. The molecule has 1 aromatic rings. The molecule has 0 radical (unpaired) electrons. The summed E-state index contributed by atoms with van der Waals surface area (Å²) in [7, 11) is 0. The molecule has 1 aliphatic heterocycles. The molecular formula is C16H26N2. The first-order valence-electron chi connectivity index (χ1n) is 7.24. The fourth-order valence-corrected chi connectivity index (χ4v) is 3.07. The van der Waals surface area contributed by atoms with Crippen molar-refractivity contribution in [3.63, 3.8) is 0 Å². The molecule has 2 unspecified atom stereocenters. The molecule has 2 rings (SSSR count). The van der Waals surface area contributed by atoms with E-state index in [2.05, 4.69) is 43.0 Å². The Morgan fingerprint density at radius 2 is 2.00 bits per heavy atom. The average Bonchev–Trinajstić information content (AvgIpc) is 2.40. The van der Waals surface area contributed by atoms with Crippen molar-refractivity contribution >= 4 is 0 Å². The number of likely N-dealkylation sites (tertiary alicyclic amines) is 1. The number of rotatable bonds is 4. The molecule has 1 fully saturated rings. The van der Waals surface area contributed by atoms with Crippen LogP contribution < -0.4 is 5.73 Å². The third-order valence-electron chi connectivity index (χ3n) is 4.23. The van der Waals surface area contributed by atoms with Gasteiger partial charge in [-0.15, -0.1) is 0 Å². The van der Waals surface area contributed by atoms with Gasteiger partial charge in [-0.25, -0.2) is 0 Å². The molecule has 1 heterocycles. The standard InChI is InChI=1S/C16H26N2/c1-13-6-8-15(9-7-13)14(2)18-12-4-3-5-16(18)10-11-17/h6-9,14,16H,3-5,10-12,17H2,1-2H3.